The van der Waals surface area contributed by atoms with Gasteiger partial charge >= 0.3 is 5.97 Å². The van der Waals surface area contributed by atoms with Crippen LogP contribution in [0.15, 0.2) is 51.6 Å². The monoisotopic (exact) mass is 347 g/mol. The molecule has 0 saturated heterocycles. The minimum absolute atomic E-state index is 0.0940. The summed E-state index contributed by atoms with van der Waals surface area (Å²) in [6, 6.07) is 8.92. The first kappa shape index (κ1) is 13.6. The lowest BCUT2D eigenvalue weighted by Crippen LogP contribution is -2.03. The van der Waals surface area contributed by atoms with Crippen LogP contribution in [0.2, 0.25) is 0 Å². The molecule has 106 valence electrons. The number of carboxylic acids is 1. The molecule has 0 aliphatic carbocycles. The topological polar surface area (TPSA) is 72.6 Å². The highest BCUT2D eigenvalue weighted by molar-refractivity contribution is 9.10. The number of nitrogens with zero attached hydrogens (tertiary/aromatic N) is 1. The summed E-state index contributed by atoms with van der Waals surface area (Å²) < 4.78 is 11.8. The molecule has 0 radical (unpaired) electrons. The summed E-state index contributed by atoms with van der Waals surface area (Å²) in [7, 11) is 0. The van der Waals surface area contributed by atoms with Gasteiger partial charge in [0.15, 0.2) is 0 Å². The molecule has 0 unspecified atom stereocenters. The van der Waals surface area contributed by atoms with Gasteiger partial charge in [0, 0.05) is 16.1 Å². The fourth-order valence-corrected chi connectivity index (χ4v) is 2.39. The number of carboxylic acid groups (broad SMARTS) is 1. The number of aromatic nitrogens is 1. The number of hydrogen-bond donors (Lipinski definition) is 1. The van der Waals surface area contributed by atoms with Crippen molar-refractivity contribution in [3.63, 3.8) is 0 Å². The van der Waals surface area contributed by atoms with Crippen LogP contribution in [0.3, 0.4) is 0 Å². The number of para-hydroxylation sites is 1. The maximum atomic E-state index is 11.3. The fraction of sp³-hybridized carbons (Fsp3) is 0.0667. The lowest BCUT2D eigenvalue weighted by Gasteiger charge is -2.05. The third kappa shape index (κ3) is 2.75. The zero-order valence-corrected chi connectivity index (χ0v) is 12.3. The minimum atomic E-state index is -1.11. The molecule has 3 rings (SSSR count). The quantitative estimate of drug-likeness (QED) is 0.775. The van der Waals surface area contributed by atoms with Crippen molar-refractivity contribution in [1.29, 1.82) is 0 Å². The number of halogens is 1. The van der Waals surface area contributed by atoms with E-state index in [1.165, 1.54) is 0 Å². The van der Waals surface area contributed by atoms with Gasteiger partial charge in [0.2, 0.25) is 5.76 Å². The van der Waals surface area contributed by atoms with Gasteiger partial charge in [-0.15, -0.1) is 0 Å². The number of hydrogen-bond acceptors (Lipinski definition) is 4. The van der Waals surface area contributed by atoms with Crippen molar-refractivity contribution in [3.05, 3.63) is 58.5 Å². The van der Waals surface area contributed by atoms with Crippen LogP contribution in [0.1, 0.15) is 16.1 Å². The van der Waals surface area contributed by atoms with Crippen LogP contribution in [0, 0.1) is 0 Å². The molecule has 21 heavy (non-hydrogen) atoms. The average Bonchev–Trinajstić information content (AvgIpc) is 2.84. The lowest BCUT2D eigenvalue weighted by molar-refractivity contribution is 0.0661. The Bertz CT molecular complexity index is 812. The Morgan fingerprint density at radius 3 is 2.90 bits per heavy atom. The second-order valence-corrected chi connectivity index (χ2v) is 5.25. The SMILES string of the molecule is O=C(O)c1oc2ccccc2c1COc1cncc(Br)c1. The summed E-state index contributed by atoms with van der Waals surface area (Å²) in [5, 5.41) is 9.97. The first-order valence-electron chi connectivity index (χ1n) is 6.12. The van der Waals surface area contributed by atoms with E-state index in [4.69, 9.17) is 9.15 Å². The van der Waals surface area contributed by atoms with Gasteiger partial charge in [-0.1, -0.05) is 18.2 Å². The molecular weight excluding hydrogens is 338 g/mol. The number of pyridine rings is 1. The minimum Gasteiger partial charge on any atom is -0.487 e. The van der Waals surface area contributed by atoms with Crippen molar-refractivity contribution in [2.24, 2.45) is 0 Å². The number of benzene rings is 1. The maximum absolute atomic E-state index is 11.3. The first-order valence-corrected chi connectivity index (χ1v) is 6.91. The number of aromatic carboxylic acids is 1. The standard InChI is InChI=1S/C15H10BrNO4/c16-9-5-10(7-17-6-9)20-8-12-11-3-1-2-4-13(11)21-14(12)15(18)19/h1-7H,8H2,(H,18,19). The van der Waals surface area contributed by atoms with E-state index in [-0.39, 0.29) is 12.4 Å². The van der Waals surface area contributed by atoms with Crippen LogP contribution in [0.5, 0.6) is 5.75 Å². The van der Waals surface area contributed by atoms with Crippen LogP contribution in [-0.4, -0.2) is 16.1 Å². The Morgan fingerprint density at radius 2 is 2.14 bits per heavy atom. The van der Waals surface area contributed by atoms with Crippen LogP contribution in [0.25, 0.3) is 11.0 Å². The molecule has 0 aliphatic heterocycles. The molecule has 5 nitrogen and oxygen atoms in total. The summed E-state index contributed by atoms with van der Waals surface area (Å²) in [6.45, 7) is 0.0940. The van der Waals surface area contributed by atoms with Gasteiger partial charge in [-0.05, 0) is 28.1 Å². The Labute approximate surface area is 128 Å². The normalized spacial score (nSPS) is 10.7. The summed E-state index contributed by atoms with van der Waals surface area (Å²) in [6.07, 6.45) is 3.20. The van der Waals surface area contributed by atoms with E-state index in [2.05, 4.69) is 20.9 Å². The predicted molar refractivity (Wildman–Crippen MR) is 79.4 cm³/mol. The lowest BCUT2D eigenvalue weighted by atomic mass is 10.1. The van der Waals surface area contributed by atoms with E-state index < -0.39 is 5.97 Å². The molecule has 0 atom stereocenters. The molecule has 1 N–H and O–H groups in total. The molecule has 2 aromatic heterocycles. The summed E-state index contributed by atoms with van der Waals surface area (Å²) in [5.74, 6) is -0.665. The summed E-state index contributed by atoms with van der Waals surface area (Å²) in [5.41, 5.74) is 1.04. The molecule has 0 fully saturated rings. The molecule has 3 aromatic rings. The van der Waals surface area contributed by atoms with Gasteiger partial charge in [0.1, 0.15) is 17.9 Å². The molecule has 0 bridgehead atoms. The second-order valence-electron chi connectivity index (χ2n) is 4.34. The van der Waals surface area contributed by atoms with Gasteiger partial charge in [-0.3, -0.25) is 4.98 Å². The van der Waals surface area contributed by atoms with Gasteiger partial charge < -0.3 is 14.3 Å². The Morgan fingerprint density at radius 1 is 1.33 bits per heavy atom. The maximum Gasteiger partial charge on any atom is 0.372 e. The average molecular weight is 348 g/mol. The van der Waals surface area contributed by atoms with Gasteiger partial charge in [-0.2, -0.15) is 0 Å². The van der Waals surface area contributed by atoms with Crippen LogP contribution in [0.4, 0.5) is 0 Å². The zero-order chi connectivity index (χ0) is 14.8. The van der Waals surface area contributed by atoms with E-state index in [0.29, 0.717) is 16.9 Å². The van der Waals surface area contributed by atoms with Crippen molar-refractivity contribution in [2.45, 2.75) is 6.61 Å². The summed E-state index contributed by atoms with van der Waals surface area (Å²) >= 11 is 3.30. The number of carbonyl (C=O) groups is 1. The fourth-order valence-electron chi connectivity index (χ4n) is 2.04. The number of furan rings is 1. The number of rotatable bonds is 4. The Kier molecular flexibility index (Phi) is 3.62. The van der Waals surface area contributed by atoms with E-state index in [1.54, 1.807) is 30.6 Å². The van der Waals surface area contributed by atoms with Crippen molar-refractivity contribution < 1.29 is 19.1 Å². The van der Waals surface area contributed by atoms with Crippen LogP contribution >= 0.6 is 15.9 Å². The molecule has 0 spiro atoms. The molecule has 0 aliphatic rings. The molecule has 0 amide bonds. The van der Waals surface area contributed by atoms with Gasteiger partial charge in [0.25, 0.3) is 0 Å². The highest BCUT2D eigenvalue weighted by Crippen LogP contribution is 2.27. The Hall–Kier alpha value is -2.34. The van der Waals surface area contributed by atoms with Gasteiger partial charge in [-0.25, -0.2) is 4.79 Å². The van der Waals surface area contributed by atoms with Gasteiger partial charge in [0.05, 0.1) is 11.8 Å². The van der Waals surface area contributed by atoms with Crippen LogP contribution < -0.4 is 4.74 Å². The van der Waals surface area contributed by atoms with Crippen molar-refractivity contribution in [3.8, 4) is 5.75 Å². The number of fused-ring (bicyclic) bond motifs is 1. The smallest absolute Gasteiger partial charge is 0.372 e. The van der Waals surface area contributed by atoms with Crippen LogP contribution in [-0.2, 0) is 6.61 Å². The molecule has 6 heteroatoms. The molecular formula is C15H10BrNO4. The summed E-state index contributed by atoms with van der Waals surface area (Å²) in [4.78, 5) is 15.3. The largest absolute Gasteiger partial charge is 0.487 e. The molecule has 0 saturated carbocycles. The molecule has 1 aromatic carbocycles. The second kappa shape index (κ2) is 5.57. The molecule has 2 heterocycles. The third-order valence-electron chi connectivity index (χ3n) is 2.96. The van der Waals surface area contributed by atoms with Crippen molar-refractivity contribution in [1.82, 2.24) is 4.98 Å². The Balaban J connectivity index is 1.95. The van der Waals surface area contributed by atoms with E-state index in [0.717, 1.165) is 9.86 Å². The highest BCUT2D eigenvalue weighted by atomic mass is 79.9. The van der Waals surface area contributed by atoms with Crippen molar-refractivity contribution in [2.75, 3.05) is 0 Å². The number of ether oxygens (including phenoxy) is 1. The third-order valence-corrected chi connectivity index (χ3v) is 3.39. The van der Waals surface area contributed by atoms with Crippen molar-refractivity contribution >= 4 is 32.9 Å². The van der Waals surface area contributed by atoms with E-state index in [1.807, 2.05) is 12.1 Å². The highest BCUT2D eigenvalue weighted by Gasteiger charge is 2.20. The zero-order valence-electron chi connectivity index (χ0n) is 10.7. The first-order chi connectivity index (χ1) is 10.1. The van der Waals surface area contributed by atoms with E-state index >= 15 is 0 Å². The predicted octanol–water partition coefficient (Wildman–Crippen LogP) is 3.87. The van der Waals surface area contributed by atoms with E-state index in [9.17, 15) is 9.90 Å².